The minimum Gasteiger partial charge on any atom is -0.462 e. The van der Waals surface area contributed by atoms with Crippen LogP contribution in [0.25, 0.3) is 10.9 Å². The first-order valence-electron chi connectivity index (χ1n) is 9.68. The number of carbonyl (C=O) groups excluding carboxylic acids is 2. The van der Waals surface area contributed by atoms with Crippen LogP contribution in [0.3, 0.4) is 0 Å². The third-order valence-electron chi connectivity index (χ3n) is 4.88. The monoisotopic (exact) mass is 423 g/mol. The molecule has 3 rings (SSSR count). The summed E-state index contributed by atoms with van der Waals surface area (Å²) >= 11 is 0. The van der Waals surface area contributed by atoms with Crippen LogP contribution in [0.1, 0.15) is 35.3 Å². The zero-order valence-electron chi connectivity index (χ0n) is 17.2. The van der Waals surface area contributed by atoms with E-state index in [1.54, 1.807) is 42.0 Å². The molecule has 2 aromatic carbocycles. The van der Waals surface area contributed by atoms with Gasteiger partial charge in [-0.1, -0.05) is 18.2 Å². The molecular formula is C23H22FN3O4. The van der Waals surface area contributed by atoms with Gasteiger partial charge in [0.2, 0.25) is 0 Å². The zero-order chi connectivity index (χ0) is 22.6. The van der Waals surface area contributed by atoms with Gasteiger partial charge in [-0.2, -0.15) is 5.26 Å². The summed E-state index contributed by atoms with van der Waals surface area (Å²) in [6, 6.07) is 13.2. The van der Waals surface area contributed by atoms with E-state index >= 15 is 0 Å². The summed E-state index contributed by atoms with van der Waals surface area (Å²) in [6.07, 6.45) is 1.55. The second kappa shape index (κ2) is 8.98. The molecule has 0 saturated heterocycles. The normalized spacial score (nSPS) is 12.7. The fourth-order valence-corrected chi connectivity index (χ4v) is 3.31. The Morgan fingerprint density at radius 1 is 1.29 bits per heavy atom. The fraction of sp³-hybridized carbons (Fsp3) is 0.261. The van der Waals surface area contributed by atoms with Crippen LogP contribution in [0.2, 0.25) is 0 Å². The number of anilines is 1. The number of alkyl halides is 1. The van der Waals surface area contributed by atoms with Gasteiger partial charge in [0.05, 0.1) is 30.3 Å². The Morgan fingerprint density at radius 3 is 2.71 bits per heavy atom. The smallest absolute Gasteiger partial charge is 0.340 e. The molecule has 0 saturated carbocycles. The summed E-state index contributed by atoms with van der Waals surface area (Å²) in [5.41, 5.74) is -0.253. The van der Waals surface area contributed by atoms with Crippen LogP contribution in [-0.4, -0.2) is 33.8 Å². The summed E-state index contributed by atoms with van der Waals surface area (Å²) in [6.45, 7) is 2.30. The summed E-state index contributed by atoms with van der Waals surface area (Å²) < 4.78 is 19.8. The van der Waals surface area contributed by atoms with Crippen molar-refractivity contribution in [1.82, 2.24) is 4.57 Å². The summed E-state index contributed by atoms with van der Waals surface area (Å²) in [4.78, 5) is 25.0. The van der Waals surface area contributed by atoms with Crippen molar-refractivity contribution in [2.45, 2.75) is 32.7 Å². The maximum absolute atomic E-state index is 13.1. The minimum absolute atomic E-state index is 0.134. The molecule has 1 amide bonds. The van der Waals surface area contributed by atoms with Crippen LogP contribution in [0.5, 0.6) is 0 Å². The predicted molar refractivity (Wildman–Crippen MR) is 113 cm³/mol. The second-order valence-electron chi connectivity index (χ2n) is 7.25. The molecule has 3 aromatic rings. The molecule has 0 radical (unpaired) electrons. The molecule has 0 aliphatic heterocycles. The van der Waals surface area contributed by atoms with E-state index in [2.05, 4.69) is 5.32 Å². The van der Waals surface area contributed by atoms with Crippen molar-refractivity contribution in [2.75, 3.05) is 11.9 Å². The number of aliphatic hydroxyl groups is 1. The van der Waals surface area contributed by atoms with Crippen molar-refractivity contribution in [3.63, 3.8) is 0 Å². The van der Waals surface area contributed by atoms with Gasteiger partial charge in [0.15, 0.2) is 5.60 Å². The molecule has 1 heterocycles. The molecule has 8 heteroatoms. The molecule has 0 spiro atoms. The molecule has 0 aliphatic rings. The fourth-order valence-electron chi connectivity index (χ4n) is 3.31. The van der Waals surface area contributed by atoms with Gasteiger partial charge in [0.25, 0.3) is 5.91 Å². The van der Waals surface area contributed by atoms with Crippen LogP contribution in [0.4, 0.5) is 10.1 Å². The van der Waals surface area contributed by atoms with Crippen LogP contribution < -0.4 is 5.32 Å². The van der Waals surface area contributed by atoms with Gasteiger partial charge >= 0.3 is 5.97 Å². The Bertz CT molecular complexity index is 1180. The highest BCUT2D eigenvalue weighted by Gasteiger charge is 2.32. The topological polar surface area (TPSA) is 104 Å². The average molecular weight is 423 g/mol. The number of rotatable bonds is 7. The van der Waals surface area contributed by atoms with Crippen molar-refractivity contribution in [1.29, 1.82) is 5.26 Å². The number of para-hydroxylation sites is 1. The standard InChI is InChI=1S/C23H22FN3O4/c1-3-31-21(28)19-13-27(20-7-5-4-6-18(19)20)14-23(2,30)22(29)26-17-9-8-15(12-25)16(10-17)11-24/h4-10,13,30H,3,11,14H2,1-2H3,(H,26,29)/t23-/m0/s1. The molecule has 160 valence electrons. The van der Waals surface area contributed by atoms with Crippen LogP contribution in [0.15, 0.2) is 48.7 Å². The number of hydrogen-bond acceptors (Lipinski definition) is 5. The van der Waals surface area contributed by atoms with Gasteiger partial charge in [-0.05, 0) is 38.1 Å². The molecule has 1 atom stereocenters. The number of nitrogens with one attached hydrogen (secondary N) is 1. The average Bonchev–Trinajstić information content (AvgIpc) is 3.11. The third kappa shape index (κ3) is 4.57. The Kier molecular flexibility index (Phi) is 6.37. The lowest BCUT2D eigenvalue weighted by Gasteiger charge is -2.23. The number of benzene rings is 2. The molecule has 0 fully saturated rings. The van der Waals surface area contributed by atoms with Gasteiger partial charge in [-0.15, -0.1) is 0 Å². The molecule has 1 aromatic heterocycles. The molecular weight excluding hydrogens is 401 g/mol. The number of hydrogen-bond donors (Lipinski definition) is 2. The van der Waals surface area contributed by atoms with Gasteiger partial charge in [-0.25, -0.2) is 9.18 Å². The van der Waals surface area contributed by atoms with Crippen molar-refractivity contribution in [2.24, 2.45) is 0 Å². The Morgan fingerprint density at radius 2 is 2.03 bits per heavy atom. The van der Waals surface area contributed by atoms with Crippen LogP contribution >= 0.6 is 0 Å². The van der Waals surface area contributed by atoms with E-state index in [4.69, 9.17) is 10.00 Å². The Labute approximate surface area is 178 Å². The predicted octanol–water partition coefficient (Wildman–Crippen LogP) is 3.55. The number of halogens is 1. The van der Waals surface area contributed by atoms with Crippen molar-refractivity contribution < 1.29 is 23.8 Å². The van der Waals surface area contributed by atoms with Gasteiger partial charge in [0, 0.05) is 28.4 Å². The molecule has 31 heavy (non-hydrogen) atoms. The lowest BCUT2D eigenvalue weighted by Crippen LogP contribution is -2.43. The van der Waals surface area contributed by atoms with E-state index in [9.17, 15) is 19.1 Å². The van der Waals surface area contributed by atoms with Crippen molar-refractivity contribution in [3.8, 4) is 6.07 Å². The van der Waals surface area contributed by atoms with Crippen LogP contribution in [0, 0.1) is 11.3 Å². The van der Waals surface area contributed by atoms with E-state index in [-0.39, 0.29) is 30.0 Å². The van der Waals surface area contributed by atoms with Crippen molar-refractivity contribution in [3.05, 3.63) is 65.4 Å². The van der Waals surface area contributed by atoms with Gasteiger partial charge < -0.3 is 19.7 Å². The first kappa shape index (κ1) is 22.0. The number of esters is 1. The maximum atomic E-state index is 13.1. The Balaban J connectivity index is 1.86. The van der Waals surface area contributed by atoms with Crippen molar-refractivity contribution >= 4 is 28.5 Å². The molecule has 2 N–H and O–H groups in total. The number of nitriles is 1. The second-order valence-corrected chi connectivity index (χ2v) is 7.25. The molecule has 0 bridgehead atoms. The number of aromatic nitrogens is 1. The zero-order valence-corrected chi connectivity index (χ0v) is 17.2. The maximum Gasteiger partial charge on any atom is 0.340 e. The largest absolute Gasteiger partial charge is 0.462 e. The van der Waals surface area contributed by atoms with Gasteiger partial charge in [0.1, 0.15) is 6.67 Å². The minimum atomic E-state index is -1.85. The van der Waals surface area contributed by atoms with E-state index in [1.165, 1.54) is 25.1 Å². The van der Waals surface area contributed by atoms with E-state index in [0.717, 1.165) is 0 Å². The number of fused-ring (bicyclic) bond motifs is 1. The Hall–Kier alpha value is -3.70. The first-order valence-corrected chi connectivity index (χ1v) is 9.68. The van der Waals surface area contributed by atoms with E-state index < -0.39 is 24.2 Å². The van der Waals surface area contributed by atoms with Crippen LogP contribution in [-0.2, 0) is 22.8 Å². The van der Waals surface area contributed by atoms with E-state index in [1.807, 2.05) is 6.07 Å². The number of nitrogens with zero attached hydrogens (tertiary/aromatic N) is 2. The quantitative estimate of drug-likeness (QED) is 0.566. The van der Waals surface area contributed by atoms with E-state index in [0.29, 0.717) is 16.5 Å². The molecule has 7 nitrogen and oxygen atoms in total. The number of carbonyl (C=O) groups is 2. The highest BCUT2D eigenvalue weighted by molar-refractivity contribution is 6.04. The summed E-state index contributed by atoms with van der Waals surface area (Å²) in [5.74, 6) is -1.20. The SMILES string of the molecule is CCOC(=O)c1cn(C[C@](C)(O)C(=O)Nc2ccc(C#N)c(CF)c2)c2ccccc12. The van der Waals surface area contributed by atoms with Gasteiger partial charge in [-0.3, -0.25) is 4.79 Å². The number of amides is 1. The first-order chi connectivity index (χ1) is 14.8. The highest BCUT2D eigenvalue weighted by atomic mass is 19.1. The number of ether oxygens (including phenoxy) is 1. The molecule has 0 unspecified atom stereocenters. The highest BCUT2D eigenvalue weighted by Crippen LogP contribution is 2.25. The summed E-state index contributed by atoms with van der Waals surface area (Å²) in [5, 5.41) is 23.1. The lowest BCUT2D eigenvalue weighted by molar-refractivity contribution is -0.133. The lowest BCUT2D eigenvalue weighted by atomic mass is 10.0. The third-order valence-corrected chi connectivity index (χ3v) is 4.88. The molecule has 0 aliphatic carbocycles. The summed E-state index contributed by atoms with van der Waals surface area (Å²) in [7, 11) is 0.